The van der Waals surface area contributed by atoms with Gasteiger partial charge in [0.1, 0.15) is 0 Å². The van der Waals surface area contributed by atoms with Gasteiger partial charge < -0.3 is 5.11 Å². The van der Waals surface area contributed by atoms with Crippen LogP contribution in [0.15, 0.2) is 12.2 Å². The van der Waals surface area contributed by atoms with Crippen LogP contribution in [0.2, 0.25) is 0 Å². The monoisotopic (exact) mass is 233 g/mol. The Labute approximate surface area is 104 Å². The van der Waals surface area contributed by atoms with Gasteiger partial charge in [-0.1, -0.05) is 12.2 Å². The van der Waals surface area contributed by atoms with Crippen LogP contribution in [0.1, 0.15) is 32.1 Å². The first-order valence-electron chi connectivity index (χ1n) is 7.40. The zero-order valence-electron chi connectivity index (χ0n) is 10.5. The van der Waals surface area contributed by atoms with Gasteiger partial charge in [-0.3, -0.25) is 4.90 Å². The predicted molar refractivity (Wildman–Crippen MR) is 67.6 cm³/mol. The van der Waals surface area contributed by atoms with Crippen molar-refractivity contribution in [1.82, 2.24) is 4.90 Å². The minimum Gasteiger partial charge on any atom is -0.388 e. The van der Waals surface area contributed by atoms with Crippen molar-refractivity contribution in [3.8, 4) is 0 Å². The van der Waals surface area contributed by atoms with E-state index in [-0.39, 0.29) is 6.10 Å². The van der Waals surface area contributed by atoms with E-state index in [1.165, 1.54) is 25.7 Å². The third-order valence-corrected chi connectivity index (χ3v) is 5.99. The molecule has 2 nitrogen and oxygen atoms in total. The van der Waals surface area contributed by atoms with Crippen LogP contribution in [-0.4, -0.2) is 35.2 Å². The number of hydrogen-bond donors (Lipinski definition) is 1. The quantitative estimate of drug-likeness (QED) is 0.738. The standard InChI is InChI=1S/C15H23NO/c17-13-2-1-5-16(9-13)12-6-11(7-12)15-8-10-3-4-14(10)15/h1-2,10-15,17H,3-9H2. The van der Waals surface area contributed by atoms with E-state index < -0.39 is 0 Å². The molecule has 0 saturated heterocycles. The summed E-state index contributed by atoms with van der Waals surface area (Å²) in [5.74, 6) is 4.39. The average Bonchev–Trinajstić information content (AvgIpc) is 2.22. The van der Waals surface area contributed by atoms with Crippen LogP contribution in [0, 0.1) is 23.7 Å². The SMILES string of the molecule is OC1C=CCN(C2CC(C3CC4CCC43)C2)C1. The molecule has 0 radical (unpaired) electrons. The van der Waals surface area contributed by atoms with E-state index in [4.69, 9.17) is 0 Å². The lowest BCUT2D eigenvalue weighted by atomic mass is 9.47. The number of nitrogens with zero attached hydrogens (tertiary/aromatic N) is 1. The second kappa shape index (κ2) is 3.83. The Balaban J connectivity index is 1.29. The van der Waals surface area contributed by atoms with Gasteiger partial charge >= 0.3 is 0 Å². The number of fused-ring (bicyclic) bond motifs is 1. The summed E-state index contributed by atoms with van der Waals surface area (Å²) in [7, 11) is 0. The average molecular weight is 233 g/mol. The van der Waals surface area contributed by atoms with E-state index in [9.17, 15) is 5.11 Å². The molecule has 3 aliphatic carbocycles. The van der Waals surface area contributed by atoms with Gasteiger partial charge in [-0.2, -0.15) is 0 Å². The van der Waals surface area contributed by atoms with Gasteiger partial charge in [-0.05, 0) is 55.8 Å². The third-order valence-electron chi connectivity index (χ3n) is 5.99. The molecule has 0 aromatic carbocycles. The molecule has 0 aromatic heterocycles. The second-order valence-corrected chi connectivity index (χ2v) is 6.74. The minimum atomic E-state index is -0.220. The topological polar surface area (TPSA) is 23.5 Å². The van der Waals surface area contributed by atoms with Crippen LogP contribution in [0.3, 0.4) is 0 Å². The van der Waals surface area contributed by atoms with Gasteiger partial charge in [0.2, 0.25) is 0 Å². The fourth-order valence-electron chi connectivity index (χ4n) is 4.63. The van der Waals surface area contributed by atoms with Crippen molar-refractivity contribution in [2.24, 2.45) is 23.7 Å². The fourth-order valence-corrected chi connectivity index (χ4v) is 4.63. The van der Waals surface area contributed by atoms with Gasteiger partial charge in [0, 0.05) is 19.1 Å². The van der Waals surface area contributed by atoms with E-state index in [1.807, 2.05) is 6.08 Å². The molecule has 4 unspecified atom stereocenters. The van der Waals surface area contributed by atoms with E-state index in [1.54, 1.807) is 6.42 Å². The van der Waals surface area contributed by atoms with Crippen molar-refractivity contribution in [3.63, 3.8) is 0 Å². The van der Waals surface area contributed by atoms with Crippen LogP contribution < -0.4 is 0 Å². The molecule has 3 saturated carbocycles. The maximum absolute atomic E-state index is 9.64. The summed E-state index contributed by atoms with van der Waals surface area (Å²) < 4.78 is 0. The van der Waals surface area contributed by atoms with Gasteiger partial charge in [0.05, 0.1) is 6.10 Å². The molecule has 3 fully saturated rings. The van der Waals surface area contributed by atoms with E-state index in [0.717, 1.165) is 42.8 Å². The Morgan fingerprint density at radius 1 is 1.00 bits per heavy atom. The highest BCUT2D eigenvalue weighted by Gasteiger charge is 2.52. The first-order valence-corrected chi connectivity index (χ1v) is 7.40. The molecule has 17 heavy (non-hydrogen) atoms. The Kier molecular flexibility index (Phi) is 2.38. The van der Waals surface area contributed by atoms with Crippen molar-refractivity contribution in [2.75, 3.05) is 13.1 Å². The van der Waals surface area contributed by atoms with Gasteiger partial charge in [0.25, 0.3) is 0 Å². The van der Waals surface area contributed by atoms with Crippen molar-refractivity contribution in [3.05, 3.63) is 12.2 Å². The lowest BCUT2D eigenvalue weighted by molar-refractivity contribution is -0.0987. The maximum Gasteiger partial charge on any atom is 0.0848 e. The summed E-state index contributed by atoms with van der Waals surface area (Å²) >= 11 is 0. The zero-order valence-corrected chi connectivity index (χ0v) is 10.5. The molecule has 0 bridgehead atoms. The molecule has 1 N–H and O–H groups in total. The number of aliphatic hydroxyl groups is 1. The Hall–Kier alpha value is -0.340. The largest absolute Gasteiger partial charge is 0.388 e. The summed E-state index contributed by atoms with van der Waals surface area (Å²) in [6.45, 7) is 1.93. The van der Waals surface area contributed by atoms with E-state index >= 15 is 0 Å². The summed E-state index contributed by atoms with van der Waals surface area (Å²) in [5, 5.41) is 9.64. The highest BCUT2D eigenvalue weighted by atomic mass is 16.3. The first kappa shape index (κ1) is 10.6. The summed E-state index contributed by atoms with van der Waals surface area (Å²) in [6.07, 6.45) is 11.3. The lowest BCUT2D eigenvalue weighted by Gasteiger charge is -2.60. The summed E-state index contributed by atoms with van der Waals surface area (Å²) in [5.41, 5.74) is 0. The van der Waals surface area contributed by atoms with Crippen molar-refractivity contribution in [1.29, 1.82) is 0 Å². The van der Waals surface area contributed by atoms with Gasteiger partial charge in [0.15, 0.2) is 0 Å². The molecule has 4 atom stereocenters. The zero-order chi connectivity index (χ0) is 11.4. The Morgan fingerprint density at radius 3 is 2.47 bits per heavy atom. The molecular formula is C15H23NO. The summed E-state index contributed by atoms with van der Waals surface area (Å²) in [4.78, 5) is 2.48. The van der Waals surface area contributed by atoms with Crippen LogP contribution in [-0.2, 0) is 0 Å². The van der Waals surface area contributed by atoms with Crippen molar-refractivity contribution >= 4 is 0 Å². The first-order chi connectivity index (χ1) is 8.31. The van der Waals surface area contributed by atoms with E-state index in [0.29, 0.717) is 0 Å². The minimum absolute atomic E-state index is 0.220. The molecule has 4 rings (SSSR count). The van der Waals surface area contributed by atoms with Gasteiger partial charge in [-0.15, -0.1) is 0 Å². The normalized spacial score (nSPS) is 53.2. The molecule has 0 spiro atoms. The Morgan fingerprint density at radius 2 is 1.88 bits per heavy atom. The van der Waals surface area contributed by atoms with Crippen LogP contribution in [0.25, 0.3) is 0 Å². The molecule has 0 amide bonds. The predicted octanol–water partition coefficient (Wildman–Crippen LogP) is 2.04. The highest BCUT2D eigenvalue weighted by Crippen LogP contribution is 2.60. The smallest absolute Gasteiger partial charge is 0.0848 e. The molecule has 1 aliphatic heterocycles. The van der Waals surface area contributed by atoms with Crippen LogP contribution >= 0.6 is 0 Å². The molecule has 4 aliphatic rings. The molecule has 2 heteroatoms. The van der Waals surface area contributed by atoms with Gasteiger partial charge in [-0.25, -0.2) is 0 Å². The molecule has 94 valence electrons. The number of β-amino-alcohol motifs (C(OH)–C–C–N with tert-alkyl or cyclic N) is 1. The highest BCUT2D eigenvalue weighted by molar-refractivity contribution is 5.06. The number of rotatable bonds is 2. The number of hydrogen-bond acceptors (Lipinski definition) is 2. The van der Waals surface area contributed by atoms with Crippen LogP contribution in [0.5, 0.6) is 0 Å². The molecule has 0 aromatic rings. The van der Waals surface area contributed by atoms with Crippen molar-refractivity contribution < 1.29 is 5.11 Å². The fraction of sp³-hybridized carbons (Fsp3) is 0.867. The third kappa shape index (κ3) is 1.61. The van der Waals surface area contributed by atoms with Crippen molar-refractivity contribution in [2.45, 2.75) is 44.2 Å². The maximum atomic E-state index is 9.64. The number of aliphatic hydroxyl groups excluding tert-OH is 1. The second-order valence-electron chi connectivity index (χ2n) is 6.74. The Bertz CT molecular complexity index is 334. The lowest BCUT2D eigenvalue weighted by Crippen LogP contribution is -2.56. The van der Waals surface area contributed by atoms with E-state index in [2.05, 4.69) is 11.0 Å². The molecular weight excluding hydrogens is 210 g/mol. The van der Waals surface area contributed by atoms with Crippen LogP contribution in [0.4, 0.5) is 0 Å². The summed E-state index contributed by atoms with van der Waals surface area (Å²) in [6, 6.07) is 0.777. The molecule has 1 heterocycles.